The highest BCUT2D eigenvalue weighted by Crippen LogP contribution is 2.34. The van der Waals surface area contributed by atoms with Gasteiger partial charge in [0.25, 0.3) is 5.91 Å². The first-order valence-corrected chi connectivity index (χ1v) is 8.98. The number of rotatable bonds is 4. The van der Waals surface area contributed by atoms with Gasteiger partial charge < -0.3 is 15.0 Å². The number of carbonyl (C=O) groups is 1. The average Bonchev–Trinajstić information content (AvgIpc) is 2.58. The van der Waals surface area contributed by atoms with Gasteiger partial charge in [0.15, 0.2) is 0 Å². The zero-order valence-corrected chi connectivity index (χ0v) is 15.8. The number of fused-ring (bicyclic) bond motifs is 1. The van der Waals surface area contributed by atoms with Crippen LogP contribution in [0.15, 0.2) is 54.6 Å². The number of benzene rings is 2. The molecule has 1 N–H and O–H groups in total. The van der Waals surface area contributed by atoms with E-state index in [1.54, 1.807) is 6.08 Å². The first kappa shape index (κ1) is 18.1. The molecule has 0 aromatic heterocycles. The largest absolute Gasteiger partial charge is 0.491 e. The van der Waals surface area contributed by atoms with Crippen molar-refractivity contribution in [2.75, 3.05) is 16.8 Å². The maximum absolute atomic E-state index is 12.9. The van der Waals surface area contributed by atoms with Crippen LogP contribution in [0.2, 0.25) is 0 Å². The minimum absolute atomic E-state index is 0.0257. The molecule has 2 aromatic carbocycles. The summed E-state index contributed by atoms with van der Waals surface area (Å²) in [7, 11) is 0. The zero-order valence-electron chi connectivity index (χ0n) is 15.8. The molecule has 2 aromatic rings. The molecule has 136 valence electrons. The van der Waals surface area contributed by atoms with E-state index in [9.17, 15) is 4.79 Å². The van der Waals surface area contributed by atoms with Gasteiger partial charge in [-0.05, 0) is 63.6 Å². The topological polar surface area (TPSA) is 41.6 Å². The van der Waals surface area contributed by atoms with Gasteiger partial charge >= 0.3 is 0 Å². The molecule has 1 amide bonds. The molecule has 0 aliphatic carbocycles. The van der Waals surface area contributed by atoms with E-state index in [4.69, 9.17) is 4.74 Å². The summed E-state index contributed by atoms with van der Waals surface area (Å²) < 4.78 is 5.71. The number of nitrogens with zero attached hydrogens (tertiary/aromatic N) is 1. The van der Waals surface area contributed by atoms with Crippen molar-refractivity contribution in [2.24, 2.45) is 0 Å². The predicted molar refractivity (Wildman–Crippen MR) is 108 cm³/mol. The number of hydrogen-bond donors (Lipinski definition) is 1. The zero-order chi connectivity index (χ0) is 18.7. The van der Waals surface area contributed by atoms with E-state index in [2.05, 4.69) is 19.2 Å². The summed E-state index contributed by atoms with van der Waals surface area (Å²) in [6, 6.07) is 15.7. The summed E-state index contributed by atoms with van der Waals surface area (Å²) in [6.07, 6.45) is 3.59. The lowest BCUT2D eigenvalue weighted by Crippen LogP contribution is -2.50. The van der Waals surface area contributed by atoms with Gasteiger partial charge in [-0.1, -0.05) is 24.3 Å². The second kappa shape index (κ2) is 7.24. The molecule has 3 rings (SSSR count). The van der Waals surface area contributed by atoms with Crippen LogP contribution in [-0.2, 0) is 4.79 Å². The summed E-state index contributed by atoms with van der Waals surface area (Å²) in [6.45, 7) is 8.80. The van der Waals surface area contributed by atoms with Crippen LogP contribution >= 0.6 is 0 Å². The highest BCUT2D eigenvalue weighted by Gasteiger charge is 2.31. The van der Waals surface area contributed by atoms with Crippen molar-refractivity contribution in [1.29, 1.82) is 0 Å². The Morgan fingerprint density at radius 3 is 2.73 bits per heavy atom. The van der Waals surface area contributed by atoms with Gasteiger partial charge in [0, 0.05) is 18.2 Å². The molecule has 0 fully saturated rings. The van der Waals surface area contributed by atoms with Crippen LogP contribution in [0.3, 0.4) is 0 Å². The lowest BCUT2D eigenvalue weighted by Gasteiger charge is -2.40. The molecule has 0 unspecified atom stereocenters. The van der Waals surface area contributed by atoms with E-state index in [-0.39, 0.29) is 17.6 Å². The van der Waals surface area contributed by atoms with Crippen LogP contribution < -0.4 is 15.0 Å². The van der Waals surface area contributed by atoms with E-state index in [0.29, 0.717) is 6.54 Å². The van der Waals surface area contributed by atoms with Gasteiger partial charge in [-0.25, -0.2) is 0 Å². The van der Waals surface area contributed by atoms with Gasteiger partial charge in [-0.2, -0.15) is 0 Å². The first-order chi connectivity index (χ1) is 12.3. The SMILES string of the molecule is CC(C)Oc1cccc(/C=C/C(=O)N2CC(C)(C)Nc3ccccc32)c1. The monoisotopic (exact) mass is 350 g/mol. The van der Waals surface area contributed by atoms with Gasteiger partial charge in [0.2, 0.25) is 0 Å². The van der Waals surface area contributed by atoms with Crippen molar-refractivity contribution in [1.82, 2.24) is 0 Å². The van der Waals surface area contributed by atoms with E-state index in [0.717, 1.165) is 22.7 Å². The Kier molecular flexibility index (Phi) is 5.03. The van der Waals surface area contributed by atoms with Crippen LogP contribution in [0.25, 0.3) is 6.08 Å². The van der Waals surface area contributed by atoms with E-state index in [1.165, 1.54) is 0 Å². The van der Waals surface area contributed by atoms with Crippen LogP contribution in [0.5, 0.6) is 5.75 Å². The van der Waals surface area contributed by atoms with Crippen LogP contribution in [-0.4, -0.2) is 24.1 Å². The quantitative estimate of drug-likeness (QED) is 0.811. The predicted octanol–water partition coefficient (Wildman–Crippen LogP) is 4.72. The fraction of sp³-hybridized carbons (Fsp3) is 0.318. The fourth-order valence-electron chi connectivity index (χ4n) is 3.12. The molecule has 0 spiro atoms. The number of ether oxygens (including phenoxy) is 1. The molecule has 0 radical (unpaired) electrons. The molecule has 26 heavy (non-hydrogen) atoms. The molecular weight excluding hydrogens is 324 g/mol. The third kappa shape index (κ3) is 4.26. The Morgan fingerprint density at radius 2 is 1.96 bits per heavy atom. The summed E-state index contributed by atoms with van der Waals surface area (Å²) in [5.41, 5.74) is 2.67. The van der Waals surface area contributed by atoms with Gasteiger partial charge in [-0.15, -0.1) is 0 Å². The van der Waals surface area contributed by atoms with Crippen LogP contribution in [0.4, 0.5) is 11.4 Å². The van der Waals surface area contributed by atoms with Gasteiger partial charge in [-0.3, -0.25) is 4.79 Å². The molecule has 4 nitrogen and oxygen atoms in total. The molecule has 0 bridgehead atoms. The number of para-hydroxylation sites is 2. The number of amides is 1. The van der Waals surface area contributed by atoms with Gasteiger partial charge in [0.1, 0.15) is 5.75 Å². The maximum atomic E-state index is 12.9. The lowest BCUT2D eigenvalue weighted by molar-refractivity contribution is -0.114. The lowest BCUT2D eigenvalue weighted by atomic mass is 9.99. The Balaban J connectivity index is 1.81. The molecule has 4 heteroatoms. The summed E-state index contributed by atoms with van der Waals surface area (Å²) in [5.74, 6) is 0.783. The highest BCUT2D eigenvalue weighted by atomic mass is 16.5. The smallest absolute Gasteiger partial charge is 0.251 e. The number of carbonyl (C=O) groups excluding carboxylic acids is 1. The summed E-state index contributed by atoms with van der Waals surface area (Å²) in [4.78, 5) is 14.7. The minimum atomic E-state index is -0.178. The van der Waals surface area contributed by atoms with Crippen molar-refractivity contribution < 1.29 is 9.53 Å². The maximum Gasteiger partial charge on any atom is 0.251 e. The molecular formula is C22H26N2O2. The molecule has 0 saturated carbocycles. The van der Waals surface area contributed by atoms with E-state index in [1.807, 2.05) is 73.4 Å². The van der Waals surface area contributed by atoms with Crippen molar-refractivity contribution in [3.05, 3.63) is 60.2 Å². The molecule has 0 atom stereocenters. The third-order valence-electron chi connectivity index (χ3n) is 4.14. The summed E-state index contributed by atoms with van der Waals surface area (Å²) in [5, 5.41) is 3.49. The fourth-order valence-corrected chi connectivity index (χ4v) is 3.12. The first-order valence-electron chi connectivity index (χ1n) is 8.98. The van der Waals surface area contributed by atoms with Gasteiger partial charge in [0.05, 0.1) is 17.5 Å². The average molecular weight is 350 g/mol. The second-order valence-corrected chi connectivity index (χ2v) is 7.52. The molecule has 1 aliphatic heterocycles. The molecule has 1 aliphatic rings. The Bertz CT molecular complexity index is 824. The van der Waals surface area contributed by atoms with Crippen molar-refractivity contribution in [3.63, 3.8) is 0 Å². The Morgan fingerprint density at radius 1 is 1.19 bits per heavy atom. The van der Waals surface area contributed by atoms with E-state index >= 15 is 0 Å². The number of anilines is 2. The van der Waals surface area contributed by atoms with Crippen molar-refractivity contribution >= 4 is 23.4 Å². The van der Waals surface area contributed by atoms with Crippen molar-refractivity contribution in [2.45, 2.75) is 39.3 Å². The number of nitrogens with one attached hydrogen (secondary N) is 1. The molecule has 0 saturated heterocycles. The van der Waals surface area contributed by atoms with Crippen LogP contribution in [0, 0.1) is 0 Å². The van der Waals surface area contributed by atoms with Crippen molar-refractivity contribution in [3.8, 4) is 5.75 Å². The Hall–Kier alpha value is -2.75. The standard InChI is InChI=1S/C22H26N2O2/c1-16(2)26-18-9-7-8-17(14-18)12-13-21(25)24-15-22(3,4)23-19-10-5-6-11-20(19)24/h5-14,16,23H,15H2,1-4H3/b13-12+. The number of hydrogen-bond acceptors (Lipinski definition) is 3. The molecule has 1 heterocycles. The summed E-state index contributed by atoms with van der Waals surface area (Å²) >= 11 is 0. The van der Waals surface area contributed by atoms with E-state index < -0.39 is 0 Å². The minimum Gasteiger partial charge on any atom is -0.491 e. The second-order valence-electron chi connectivity index (χ2n) is 7.52. The van der Waals surface area contributed by atoms with Crippen LogP contribution in [0.1, 0.15) is 33.3 Å². The highest BCUT2D eigenvalue weighted by molar-refractivity contribution is 6.06. The Labute approximate surface area is 155 Å². The normalized spacial score (nSPS) is 15.7. The third-order valence-corrected chi connectivity index (χ3v) is 4.14.